The molecule has 0 aliphatic heterocycles. The van der Waals surface area contributed by atoms with Crippen molar-refractivity contribution < 1.29 is 9.72 Å². The van der Waals surface area contributed by atoms with E-state index in [9.17, 15) is 19.7 Å². The molecule has 1 amide bonds. The first-order valence-electron chi connectivity index (χ1n) is 9.53. The van der Waals surface area contributed by atoms with Gasteiger partial charge in [0, 0.05) is 28.8 Å². The summed E-state index contributed by atoms with van der Waals surface area (Å²) in [5.41, 5.74) is 1.99. The van der Waals surface area contributed by atoms with E-state index in [0.717, 1.165) is 10.2 Å². The summed E-state index contributed by atoms with van der Waals surface area (Å²) >= 11 is 0. The summed E-state index contributed by atoms with van der Waals surface area (Å²) in [4.78, 5) is 36.2. The van der Waals surface area contributed by atoms with Gasteiger partial charge >= 0.3 is 0 Å². The summed E-state index contributed by atoms with van der Waals surface area (Å²) in [7, 11) is 0. The third kappa shape index (κ3) is 4.18. The number of carbonyl (C=O) groups is 1. The fourth-order valence-electron chi connectivity index (χ4n) is 3.38. The zero-order chi connectivity index (χ0) is 22.0. The van der Waals surface area contributed by atoms with Crippen molar-refractivity contribution in [1.29, 1.82) is 0 Å². The molecule has 0 aliphatic carbocycles. The topological polar surface area (TPSA) is 107 Å². The molecule has 0 aliphatic rings. The van der Waals surface area contributed by atoms with Crippen molar-refractivity contribution in [1.82, 2.24) is 9.78 Å². The molecule has 0 unspecified atom stereocenters. The molecular weight excluding hydrogens is 396 g/mol. The van der Waals surface area contributed by atoms with Gasteiger partial charge in [-0.3, -0.25) is 19.7 Å². The fourth-order valence-corrected chi connectivity index (χ4v) is 3.38. The van der Waals surface area contributed by atoms with Gasteiger partial charge in [-0.2, -0.15) is 5.10 Å². The van der Waals surface area contributed by atoms with Gasteiger partial charge < -0.3 is 5.32 Å². The quantitative estimate of drug-likeness (QED) is 0.393. The van der Waals surface area contributed by atoms with Crippen LogP contribution in [0.25, 0.3) is 22.0 Å². The lowest BCUT2D eigenvalue weighted by molar-refractivity contribution is -0.384. The number of carbonyl (C=O) groups excluding carboxylic acids is 1. The monoisotopic (exact) mass is 414 g/mol. The predicted octanol–water partition coefficient (Wildman–Crippen LogP) is 3.92. The summed E-state index contributed by atoms with van der Waals surface area (Å²) in [6.07, 6.45) is 0. The number of aromatic nitrogens is 2. The zero-order valence-electron chi connectivity index (χ0n) is 16.6. The summed E-state index contributed by atoms with van der Waals surface area (Å²) in [5.74, 6) is -0.402. The van der Waals surface area contributed by atoms with Crippen LogP contribution in [0.5, 0.6) is 0 Å². The first-order valence-corrected chi connectivity index (χ1v) is 9.53. The van der Waals surface area contributed by atoms with Gasteiger partial charge in [0.05, 0.1) is 16.0 Å². The molecule has 31 heavy (non-hydrogen) atoms. The van der Waals surface area contributed by atoms with E-state index >= 15 is 0 Å². The van der Waals surface area contributed by atoms with Crippen molar-refractivity contribution in [2.24, 2.45) is 0 Å². The highest BCUT2D eigenvalue weighted by Gasteiger charge is 2.16. The number of non-ortho nitro benzene ring substituents is 1. The van der Waals surface area contributed by atoms with Gasteiger partial charge in [-0.05, 0) is 30.7 Å². The molecule has 1 aromatic heterocycles. The van der Waals surface area contributed by atoms with Crippen LogP contribution < -0.4 is 10.9 Å². The Morgan fingerprint density at radius 1 is 1.03 bits per heavy atom. The SMILES string of the molecule is Cc1cccc(NC(=O)Cn2nc(-c3cccc([N+](=O)[O-])c3)c3ccccc3c2=O)c1. The van der Waals surface area contributed by atoms with E-state index in [4.69, 9.17) is 0 Å². The Hall–Kier alpha value is -4.33. The molecule has 0 atom stereocenters. The highest BCUT2D eigenvalue weighted by atomic mass is 16.6. The normalized spacial score (nSPS) is 10.7. The molecule has 154 valence electrons. The molecule has 4 aromatic rings. The van der Waals surface area contributed by atoms with Gasteiger partial charge in [-0.1, -0.05) is 42.5 Å². The Morgan fingerprint density at radius 3 is 2.52 bits per heavy atom. The van der Waals surface area contributed by atoms with E-state index in [1.165, 1.54) is 12.1 Å². The Labute approximate surface area is 176 Å². The molecule has 0 saturated carbocycles. The number of nitro benzene ring substituents is 1. The molecule has 0 saturated heterocycles. The number of benzene rings is 3. The molecule has 0 spiro atoms. The van der Waals surface area contributed by atoms with Crippen LogP contribution in [-0.2, 0) is 11.3 Å². The van der Waals surface area contributed by atoms with Crippen LogP contribution in [0.4, 0.5) is 11.4 Å². The average Bonchev–Trinajstić information content (AvgIpc) is 2.76. The van der Waals surface area contributed by atoms with Crippen LogP contribution in [0.2, 0.25) is 0 Å². The average molecular weight is 414 g/mol. The van der Waals surface area contributed by atoms with E-state index in [0.29, 0.717) is 27.7 Å². The van der Waals surface area contributed by atoms with Crippen LogP contribution in [0.1, 0.15) is 5.56 Å². The summed E-state index contributed by atoms with van der Waals surface area (Å²) in [5, 5.41) is 19.3. The van der Waals surface area contributed by atoms with Crippen LogP contribution >= 0.6 is 0 Å². The molecule has 1 N–H and O–H groups in total. The number of nitrogens with zero attached hydrogens (tertiary/aromatic N) is 3. The Balaban J connectivity index is 1.77. The minimum Gasteiger partial charge on any atom is -0.324 e. The van der Waals surface area contributed by atoms with E-state index in [1.54, 1.807) is 42.5 Å². The minimum absolute atomic E-state index is 0.0849. The minimum atomic E-state index is -0.489. The Kier molecular flexibility index (Phi) is 5.28. The number of amides is 1. The summed E-state index contributed by atoms with van der Waals surface area (Å²) < 4.78 is 1.08. The van der Waals surface area contributed by atoms with Crippen molar-refractivity contribution >= 4 is 28.1 Å². The molecule has 8 heteroatoms. The lowest BCUT2D eigenvalue weighted by Crippen LogP contribution is -2.30. The first-order chi connectivity index (χ1) is 14.9. The second-order valence-corrected chi connectivity index (χ2v) is 7.08. The number of rotatable bonds is 5. The Morgan fingerprint density at radius 2 is 1.77 bits per heavy atom. The second-order valence-electron chi connectivity index (χ2n) is 7.08. The maximum absolute atomic E-state index is 12.9. The lowest BCUT2D eigenvalue weighted by Gasteiger charge is -2.12. The van der Waals surface area contributed by atoms with Crippen LogP contribution in [0.3, 0.4) is 0 Å². The second kappa shape index (κ2) is 8.19. The zero-order valence-corrected chi connectivity index (χ0v) is 16.6. The molecule has 1 heterocycles. The molecular formula is C23H18N4O4. The molecule has 8 nitrogen and oxygen atoms in total. The number of nitro groups is 1. The van der Waals surface area contributed by atoms with Gasteiger partial charge in [-0.15, -0.1) is 0 Å². The van der Waals surface area contributed by atoms with Crippen molar-refractivity contribution in [3.8, 4) is 11.3 Å². The number of nitrogens with one attached hydrogen (secondary N) is 1. The molecule has 3 aromatic carbocycles. The van der Waals surface area contributed by atoms with Crippen LogP contribution in [0, 0.1) is 17.0 Å². The number of anilines is 1. The van der Waals surface area contributed by atoms with Gasteiger partial charge in [0.15, 0.2) is 0 Å². The molecule has 0 fully saturated rings. The van der Waals surface area contributed by atoms with Gasteiger partial charge in [0.2, 0.25) is 5.91 Å². The fraction of sp³-hybridized carbons (Fsp3) is 0.0870. The van der Waals surface area contributed by atoms with E-state index in [1.807, 2.05) is 25.1 Å². The highest BCUT2D eigenvalue weighted by Crippen LogP contribution is 2.27. The lowest BCUT2D eigenvalue weighted by atomic mass is 10.0. The first kappa shape index (κ1) is 20.0. The maximum atomic E-state index is 12.9. The largest absolute Gasteiger partial charge is 0.324 e. The van der Waals surface area contributed by atoms with Gasteiger partial charge in [0.25, 0.3) is 11.2 Å². The van der Waals surface area contributed by atoms with E-state index in [2.05, 4.69) is 10.4 Å². The van der Waals surface area contributed by atoms with Crippen molar-refractivity contribution in [2.75, 3.05) is 5.32 Å². The van der Waals surface area contributed by atoms with Gasteiger partial charge in [-0.25, -0.2) is 4.68 Å². The van der Waals surface area contributed by atoms with E-state index < -0.39 is 16.4 Å². The smallest absolute Gasteiger partial charge is 0.275 e. The third-order valence-corrected chi connectivity index (χ3v) is 4.79. The standard InChI is InChI=1S/C23H18N4O4/c1-15-6-4-8-17(12-15)24-21(28)14-26-23(29)20-11-3-2-10-19(20)22(25-26)16-7-5-9-18(13-16)27(30)31/h2-13H,14H2,1H3,(H,24,28). The number of hydrogen-bond donors (Lipinski definition) is 1. The molecule has 0 bridgehead atoms. The van der Waals surface area contributed by atoms with Crippen LogP contribution in [0.15, 0.2) is 77.6 Å². The third-order valence-electron chi connectivity index (χ3n) is 4.79. The molecule has 0 radical (unpaired) electrons. The van der Waals surface area contributed by atoms with Crippen molar-refractivity contribution in [3.63, 3.8) is 0 Å². The Bertz CT molecular complexity index is 1380. The predicted molar refractivity (Wildman–Crippen MR) is 118 cm³/mol. The number of fused-ring (bicyclic) bond motifs is 1. The van der Waals surface area contributed by atoms with Crippen LogP contribution in [-0.4, -0.2) is 20.6 Å². The van der Waals surface area contributed by atoms with Gasteiger partial charge in [0.1, 0.15) is 6.54 Å². The highest BCUT2D eigenvalue weighted by molar-refractivity contribution is 5.95. The summed E-state index contributed by atoms with van der Waals surface area (Å²) in [6, 6.07) is 20.2. The maximum Gasteiger partial charge on any atom is 0.275 e. The number of aryl methyl sites for hydroxylation is 1. The summed E-state index contributed by atoms with van der Waals surface area (Å²) in [6.45, 7) is 1.62. The van der Waals surface area contributed by atoms with E-state index in [-0.39, 0.29) is 12.2 Å². The number of hydrogen-bond acceptors (Lipinski definition) is 5. The van der Waals surface area contributed by atoms with Crippen molar-refractivity contribution in [3.05, 3.63) is 98.8 Å². The van der Waals surface area contributed by atoms with Crippen molar-refractivity contribution in [2.45, 2.75) is 13.5 Å². The molecule has 4 rings (SSSR count).